The molecule has 1 aromatic carbocycles. The molecule has 1 rings (SSSR count). The number of benzene rings is 1. The van der Waals surface area contributed by atoms with E-state index in [0.29, 0.717) is 18.9 Å². The molecule has 0 radical (unpaired) electrons. The van der Waals surface area contributed by atoms with Gasteiger partial charge in [-0.25, -0.2) is 17.6 Å². The largest absolute Gasteiger partial charge is 0.481 e. The molecular formula is C13H12F4O3. The molecule has 0 aliphatic rings. The van der Waals surface area contributed by atoms with Crippen molar-refractivity contribution in [3.63, 3.8) is 0 Å². The van der Waals surface area contributed by atoms with E-state index in [1.54, 1.807) is 0 Å². The fourth-order valence-corrected chi connectivity index (χ4v) is 1.65. The molecule has 0 saturated heterocycles. The number of unbranched alkanes of at least 4 members (excludes halogenated alkanes) is 2. The monoisotopic (exact) mass is 292 g/mol. The van der Waals surface area contributed by atoms with Gasteiger partial charge in [-0.05, 0) is 18.9 Å². The van der Waals surface area contributed by atoms with Crippen LogP contribution in [-0.4, -0.2) is 16.9 Å². The van der Waals surface area contributed by atoms with E-state index >= 15 is 0 Å². The summed E-state index contributed by atoms with van der Waals surface area (Å²) in [7, 11) is 0. The zero-order valence-electron chi connectivity index (χ0n) is 10.4. The Morgan fingerprint density at radius 1 is 0.900 bits per heavy atom. The van der Waals surface area contributed by atoms with E-state index in [-0.39, 0.29) is 19.3 Å². The molecule has 0 amide bonds. The third-order valence-corrected chi connectivity index (χ3v) is 2.70. The SMILES string of the molecule is O=C(O)CCCCCC(=O)c1cc(F)c(F)c(F)c1F. The van der Waals surface area contributed by atoms with E-state index in [0.717, 1.165) is 0 Å². The molecule has 0 spiro atoms. The van der Waals surface area contributed by atoms with Crippen molar-refractivity contribution in [3.05, 3.63) is 34.9 Å². The van der Waals surface area contributed by atoms with Crippen molar-refractivity contribution < 1.29 is 32.3 Å². The number of aliphatic carboxylic acids is 1. The number of carboxylic acids is 1. The van der Waals surface area contributed by atoms with Gasteiger partial charge in [-0.1, -0.05) is 6.42 Å². The number of Topliss-reactive ketones (excluding diaryl/α,β-unsaturated/α-hetero) is 1. The molecular weight excluding hydrogens is 280 g/mol. The highest BCUT2D eigenvalue weighted by Crippen LogP contribution is 2.20. The van der Waals surface area contributed by atoms with Crippen molar-refractivity contribution in [2.45, 2.75) is 32.1 Å². The normalized spacial score (nSPS) is 10.6. The van der Waals surface area contributed by atoms with Gasteiger partial charge in [-0.3, -0.25) is 9.59 Å². The number of halogens is 4. The van der Waals surface area contributed by atoms with Crippen molar-refractivity contribution in [2.24, 2.45) is 0 Å². The Hall–Kier alpha value is -1.92. The Labute approximate surface area is 112 Å². The summed E-state index contributed by atoms with van der Waals surface area (Å²) in [6.45, 7) is 0. The summed E-state index contributed by atoms with van der Waals surface area (Å²) in [5, 5.41) is 8.39. The second-order valence-electron chi connectivity index (χ2n) is 4.23. The van der Waals surface area contributed by atoms with E-state index in [1.165, 1.54) is 0 Å². The van der Waals surface area contributed by atoms with Crippen LogP contribution in [0.4, 0.5) is 17.6 Å². The van der Waals surface area contributed by atoms with Gasteiger partial charge >= 0.3 is 5.97 Å². The number of hydrogen-bond acceptors (Lipinski definition) is 2. The summed E-state index contributed by atoms with van der Waals surface area (Å²) in [5.41, 5.74) is -0.834. The van der Waals surface area contributed by atoms with E-state index in [1.807, 2.05) is 0 Å². The fraction of sp³-hybridized carbons (Fsp3) is 0.385. The van der Waals surface area contributed by atoms with Crippen molar-refractivity contribution >= 4 is 11.8 Å². The smallest absolute Gasteiger partial charge is 0.303 e. The van der Waals surface area contributed by atoms with Gasteiger partial charge in [0, 0.05) is 12.8 Å². The summed E-state index contributed by atoms with van der Waals surface area (Å²) >= 11 is 0. The predicted molar refractivity (Wildman–Crippen MR) is 61.3 cm³/mol. The van der Waals surface area contributed by atoms with Crippen LogP contribution in [0.2, 0.25) is 0 Å². The van der Waals surface area contributed by atoms with E-state index in [9.17, 15) is 27.2 Å². The minimum atomic E-state index is -2.01. The molecule has 1 N–H and O–H groups in total. The Kier molecular flexibility index (Phi) is 5.66. The van der Waals surface area contributed by atoms with Gasteiger partial charge in [0.05, 0.1) is 5.56 Å². The number of hydrogen-bond donors (Lipinski definition) is 1. The molecule has 0 aliphatic heterocycles. The summed E-state index contributed by atoms with van der Waals surface area (Å²) in [5.74, 6) is -9.13. The van der Waals surface area contributed by atoms with Gasteiger partial charge in [0.1, 0.15) is 0 Å². The molecule has 0 saturated carbocycles. The molecule has 0 aliphatic carbocycles. The summed E-state index contributed by atoms with van der Waals surface area (Å²) < 4.78 is 51.8. The molecule has 0 unspecified atom stereocenters. The Balaban J connectivity index is 2.62. The van der Waals surface area contributed by atoms with E-state index in [4.69, 9.17) is 5.11 Å². The van der Waals surface area contributed by atoms with Crippen LogP contribution in [-0.2, 0) is 4.79 Å². The van der Waals surface area contributed by atoms with Crippen LogP contribution in [0.25, 0.3) is 0 Å². The summed E-state index contributed by atoms with van der Waals surface area (Å²) in [4.78, 5) is 21.8. The Morgan fingerprint density at radius 3 is 2.10 bits per heavy atom. The zero-order chi connectivity index (χ0) is 15.3. The lowest BCUT2D eigenvalue weighted by molar-refractivity contribution is -0.137. The lowest BCUT2D eigenvalue weighted by atomic mass is 10.0. The van der Waals surface area contributed by atoms with Crippen LogP contribution in [0, 0.1) is 23.3 Å². The molecule has 0 bridgehead atoms. The maximum atomic E-state index is 13.3. The third kappa shape index (κ3) is 4.04. The van der Waals surface area contributed by atoms with Gasteiger partial charge in [0.25, 0.3) is 0 Å². The molecule has 1 aromatic rings. The number of carbonyl (C=O) groups is 2. The molecule has 7 heteroatoms. The fourth-order valence-electron chi connectivity index (χ4n) is 1.65. The minimum Gasteiger partial charge on any atom is -0.481 e. The number of carboxylic acid groups (broad SMARTS) is 1. The Morgan fingerprint density at radius 2 is 1.50 bits per heavy atom. The first-order valence-corrected chi connectivity index (χ1v) is 5.92. The zero-order valence-corrected chi connectivity index (χ0v) is 10.4. The average molecular weight is 292 g/mol. The van der Waals surface area contributed by atoms with E-state index in [2.05, 4.69) is 0 Å². The molecule has 0 fully saturated rings. The van der Waals surface area contributed by atoms with Crippen LogP contribution in [0.15, 0.2) is 6.07 Å². The first-order valence-electron chi connectivity index (χ1n) is 5.92. The highest BCUT2D eigenvalue weighted by atomic mass is 19.2. The number of carbonyl (C=O) groups excluding carboxylic acids is 1. The van der Waals surface area contributed by atoms with Crippen LogP contribution in [0.5, 0.6) is 0 Å². The lowest BCUT2D eigenvalue weighted by Crippen LogP contribution is -2.08. The van der Waals surface area contributed by atoms with Crippen molar-refractivity contribution in [1.82, 2.24) is 0 Å². The maximum Gasteiger partial charge on any atom is 0.303 e. The molecule has 3 nitrogen and oxygen atoms in total. The van der Waals surface area contributed by atoms with Crippen molar-refractivity contribution in [2.75, 3.05) is 0 Å². The second-order valence-corrected chi connectivity index (χ2v) is 4.23. The van der Waals surface area contributed by atoms with Crippen molar-refractivity contribution in [1.29, 1.82) is 0 Å². The summed E-state index contributed by atoms with van der Waals surface area (Å²) in [6.07, 6.45) is 0.763. The number of rotatable bonds is 7. The van der Waals surface area contributed by atoms with Crippen molar-refractivity contribution in [3.8, 4) is 0 Å². The summed E-state index contributed by atoms with van der Waals surface area (Å²) in [6, 6.07) is 0.327. The Bertz CT molecular complexity index is 529. The quantitative estimate of drug-likeness (QED) is 0.275. The van der Waals surface area contributed by atoms with Gasteiger partial charge in [-0.15, -0.1) is 0 Å². The minimum absolute atomic E-state index is 0.0532. The van der Waals surface area contributed by atoms with Gasteiger partial charge in [0.15, 0.2) is 29.1 Å². The van der Waals surface area contributed by atoms with Crippen LogP contribution >= 0.6 is 0 Å². The maximum absolute atomic E-state index is 13.3. The van der Waals surface area contributed by atoms with Crippen LogP contribution in [0.3, 0.4) is 0 Å². The van der Waals surface area contributed by atoms with Gasteiger partial charge < -0.3 is 5.11 Å². The molecule has 20 heavy (non-hydrogen) atoms. The average Bonchev–Trinajstić information content (AvgIpc) is 2.39. The standard InChI is InChI=1S/C13H12F4O3/c14-8-6-7(11(15)13(17)12(8)16)9(18)4-2-1-3-5-10(19)20/h6H,1-5H2,(H,19,20). The molecule has 110 valence electrons. The predicted octanol–water partition coefficient (Wildman–Crippen LogP) is 3.46. The second kappa shape index (κ2) is 7.02. The molecule has 0 atom stereocenters. The number of ketones is 1. The topological polar surface area (TPSA) is 54.4 Å². The highest BCUT2D eigenvalue weighted by Gasteiger charge is 2.22. The molecule has 0 heterocycles. The van der Waals surface area contributed by atoms with Gasteiger partial charge in [0.2, 0.25) is 0 Å². The van der Waals surface area contributed by atoms with Crippen LogP contribution < -0.4 is 0 Å². The lowest BCUT2D eigenvalue weighted by Gasteiger charge is -2.05. The first-order chi connectivity index (χ1) is 9.34. The highest BCUT2D eigenvalue weighted by molar-refractivity contribution is 5.96. The third-order valence-electron chi connectivity index (χ3n) is 2.70. The molecule has 0 aromatic heterocycles. The van der Waals surface area contributed by atoms with Crippen LogP contribution in [0.1, 0.15) is 42.5 Å². The van der Waals surface area contributed by atoms with Gasteiger partial charge in [-0.2, -0.15) is 0 Å². The van der Waals surface area contributed by atoms with E-state index < -0.39 is 40.6 Å². The first kappa shape index (κ1) is 16.1.